The Bertz CT molecular complexity index is 564. The highest BCUT2D eigenvalue weighted by Crippen LogP contribution is 2.28. The lowest BCUT2D eigenvalue weighted by atomic mass is 10.2. The third-order valence-corrected chi connectivity index (χ3v) is 3.82. The van der Waals surface area contributed by atoms with Gasteiger partial charge >= 0.3 is 6.18 Å². The first-order valence-electron chi connectivity index (χ1n) is 8.77. The maximum Gasteiger partial charge on any atom is 0.422 e. The average Bonchev–Trinajstić information content (AvgIpc) is 3.43. The van der Waals surface area contributed by atoms with Crippen LogP contribution in [0.4, 0.5) is 13.2 Å². The van der Waals surface area contributed by atoms with E-state index in [1.165, 1.54) is 25.0 Å². The monoisotopic (exact) mass is 501 g/mol. The average molecular weight is 501 g/mol. The molecule has 0 spiro atoms. The number of aliphatic imine (C=N–C) groups is 1. The van der Waals surface area contributed by atoms with Crippen molar-refractivity contribution in [2.45, 2.75) is 32.0 Å². The number of halogens is 4. The molecule has 0 heterocycles. The summed E-state index contributed by atoms with van der Waals surface area (Å²) in [6.07, 6.45) is -0.839. The molecule has 154 valence electrons. The maximum absolute atomic E-state index is 12.1. The van der Waals surface area contributed by atoms with Gasteiger partial charge in [0.2, 0.25) is 0 Å². The highest BCUT2D eigenvalue weighted by Gasteiger charge is 2.28. The molecular weight excluding hydrogens is 474 g/mol. The number of alkyl halides is 3. The summed E-state index contributed by atoms with van der Waals surface area (Å²) in [5, 5.41) is 6.36. The molecule has 2 rings (SSSR count). The summed E-state index contributed by atoms with van der Waals surface area (Å²) in [4.78, 5) is 4.14. The number of nitrogens with one attached hydrogen (secondary N) is 2. The van der Waals surface area contributed by atoms with Gasteiger partial charge < -0.3 is 20.1 Å². The molecule has 5 nitrogen and oxygen atoms in total. The predicted octanol–water partition coefficient (Wildman–Crippen LogP) is 3.73. The Hall–Kier alpha value is -1.23. The van der Waals surface area contributed by atoms with Gasteiger partial charge in [-0.25, -0.2) is 0 Å². The Morgan fingerprint density at radius 3 is 2.48 bits per heavy atom. The fourth-order valence-corrected chi connectivity index (χ4v) is 2.19. The molecule has 1 aromatic carbocycles. The van der Waals surface area contributed by atoms with Crippen molar-refractivity contribution in [2.75, 3.05) is 33.4 Å². The number of hydrogen-bond acceptors (Lipinski definition) is 3. The fraction of sp³-hybridized carbons (Fsp3) is 0.611. The molecule has 1 aromatic rings. The van der Waals surface area contributed by atoms with Crippen molar-refractivity contribution in [1.29, 1.82) is 0 Å². The zero-order valence-corrected chi connectivity index (χ0v) is 17.7. The molecule has 1 fully saturated rings. The molecule has 0 amide bonds. The number of nitrogens with zero attached hydrogens (tertiary/aromatic N) is 1. The van der Waals surface area contributed by atoms with E-state index in [0.29, 0.717) is 12.5 Å². The summed E-state index contributed by atoms with van der Waals surface area (Å²) in [5.74, 6) is 1.65. The maximum atomic E-state index is 12.1. The molecule has 27 heavy (non-hydrogen) atoms. The lowest BCUT2D eigenvalue weighted by molar-refractivity contribution is -0.153. The van der Waals surface area contributed by atoms with Crippen LogP contribution >= 0.6 is 24.0 Å². The largest absolute Gasteiger partial charge is 0.484 e. The van der Waals surface area contributed by atoms with Crippen LogP contribution in [0.3, 0.4) is 0 Å². The van der Waals surface area contributed by atoms with E-state index < -0.39 is 12.8 Å². The van der Waals surface area contributed by atoms with Crippen molar-refractivity contribution >= 4 is 29.9 Å². The van der Waals surface area contributed by atoms with Crippen molar-refractivity contribution in [2.24, 2.45) is 10.9 Å². The molecule has 0 unspecified atom stereocenters. The Kier molecular flexibility index (Phi) is 10.8. The second-order valence-electron chi connectivity index (χ2n) is 6.27. The van der Waals surface area contributed by atoms with Crippen LogP contribution < -0.4 is 15.4 Å². The normalized spacial score (nSPS) is 14.4. The van der Waals surface area contributed by atoms with Gasteiger partial charge in [0, 0.05) is 33.4 Å². The molecule has 0 aromatic heterocycles. The van der Waals surface area contributed by atoms with E-state index in [2.05, 4.69) is 20.4 Å². The van der Waals surface area contributed by atoms with Crippen molar-refractivity contribution in [3.63, 3.8) is 0 Å². The van der Waals surface area contributed by atoms with Gasteiger partial charge in [-0.1, -0.05) is 12.1 Å². The van der Waals surface area contributed by atoms with Crippen LogP contribution in [0.15, 0.2) is 29.3 Å². The highest BCUT2D eigenvalue weighted by molar-refractivity contribution is 14.0. The van der Waals surface area contributed by atoms with Crippen LogP contribution in [0.5, 0.6) is 5.75 Å². The molecule has 2 N–H and O–H groups in total. The molecule has 0 radical (unpaired) electrons. The van der Waals surface area contributed by atoms with E-state index >= 15 is 0 Å². The van der Waals surface area contributed by atoms with Crippen LogP contribution in [-0.2, 0) is 11.3 Å². The van der Waals surface area contributed by atoms with Crippen LogP contribution in [0.2, 0.25) is 0 Å². The third-order valence-electron chi connectivity index (χ3n) is 3.82. The summed E-state index contributed by atoms with van der Waals surface area (Å²) < 4.78 is 46.6. The number of ether oxygens (including phenoxy) is 2. The lowest BCUT2D eigenvalue weighted by Crippen LogP contribution is -2.37. The Morgan fingerprint density at radius 2 is 1.89 bits per heavy atom. The van der Waals surface area contributed by atoms with Crippen LogP contribution in [-0.4, -0.2) is 45.5 Å². The van der Waals surface area contributed by atoms with Crippen molar-refractivity contribution in [1.82, 2.24) is 10.6 Å². The molecular formula is C18H27F3IN3O2. The van der Waals surface area contributed by atoms with Crippen LogP contribution in [0.1, 0.15) is 24.8 Å². The number of hydrogen-bond donors (Lipinski definition) is 2. The number of benzene rings is 1. The molecule has 9 heteroatoms. The van der Waals surface area contributed by atoms with Gasteiger partial charge in [-0.15, -0.1) is 24.0 Å². The first kappa shape index (κ1) is 23.8. The standard InChI is InChI=1S/C18H26F3N3O2.HI/c1-22-17(23-9-2-10-25-12-15-3-4-15)24-11-14-5-7-16(8-6-14)26-13-18(19,20)21;/h5-8,15H,2-4,9-13H2,1H3,(H2,22,23,24);1H. The van der Waals surface area contributed by atoms with Crippen LogP contribution in [0.25, 0.3) is 0 Å². The van der Waals surface area contributed by atoms with Crippen molar-refractivity contribution in [3.8, 4) is 5.75 Å². The van der Waals surface area contributed by atoms with Gasteiger partial charge in [0.1, 0.15) is 5.75 Å². The van der Waals surface area contributed by atoms with E-state index in [-0.39, 0.29) is 29.7 Å². The minimum atomic E-state index is -4.33. The second kappa shape index (κ2) is 12.3. The SMILES string of the molecule is CN=C(NCCCOCC1CC1)NCc1ccc(OCC(F)(F)F)cc1.I. The smallest absolute Gasteiger partial charge is 0.422 e. The Morgan fingerprint density at radius 1 is 1.19 bits per heavy atom. The van der Waals surface area contributed by atoms with Gasteiger partial charge in [0.05, 0.1) is 0 Å². The van der Waals surface area contributed by atoms with E-state index in [4.69, 9.17) is 4.74 Å². The predicted molar refractivity (Wildman–Crippen MR) is 110 cm³/mol. The zero-order chi connectivity index (χ0) is 18.8. The summed E-state index contributed by atoms with van der Waals surface area (Å²) >= 11 is 0. The fourth-order valence-electron chi connectivity index (χ4n) is 2.19. The van der Waals surface area contributed by atoms with Crippen molar-refractivity contribution in [3.05, 3.63) is 29.8 Å². The Balaban J connectivity index is 0.00000364. The van der Waals surface area contributed by atoms with Gasteiger partial charge in [-0.05, 0) is 42.9 Å². The van der Waals surface area contributed by atoms with Gasteiger partial charge in [-0.3, -0.25) is 4.99 Å². The quantitative estimate of drug-likeness (QED) is 0.222. The number of rotatable bonds is 10. The molecule has 1 saturated carbocycles. The first-order chi connectivity index (χ1) is 12.5. The van der Waals surface area contributed by atoms with E-state index in [1.807, 2.05) is 0 Å². The van der Waals surface area contributed by atoms with E-state index in [1.54, 1.807) is 19.2 Å². The molecule has 0 saturated heterocycles. The molecule has 0 aliphatic heterocycles. The third kappa shape index (κ3) is 11.3. The summed E-state index contributed by atoms with van der Waals surface area (Å²) in [7, 11) is 1.69. The topological polar surface area (TPSA) is 54.9 Å². The lowest BCUT2D eigenvalue weighted by Gasteiger charge is -2.13. The summed E-state index contributed by atoms with van der Waals surface area (Å²) in [5.41, 5.74) is 0.917. The molecule has 0 bridgehead atoms. The number of guanidine groups is 1. The van der Waals surface area contributed by atoms with Gasteiger partial charge in [0.15, 0.2) is 12.6 Å². The second-order valence-corrected chi connectivity index (χ2v) is 6.27. The van der Waals surface area contributed by atoms with E-state index in [9.17, 15) is 13.2 Å². The Labute approximate surface area is 175 Å². The zero-order valence-electron chi connectivity index (χ0n) is 15.3. The molecule has 1 aliphatic rings. The first-order valence-corrected chi connectivity index (χ1v) is 8.77. The molecule has 0 atom stereocenters. The highest BCUT2D eigenvalue weighted by atomic mass is 127. The minimum Gasteiger partial charge on any atom is -0.484 e. The minimum absolute atomic E-state index is 0. The van der Waals surface area contributed by atoms with Gasteiger partial charge in [0.25, 0.3) is 0 Å². The molecule has 1 aliphatic carbocycles. The van der Waals surface area contributed by atoms with Crippen LogP contribution in [0, 0.1) is 5.92 Å². The van der Waals surface area contributed by atoms with Crippen molar-refractivity contribution < 1.29 is 22.6 Å². The summed E-state index contributed by atoms with van der Waals surface area (Å²) in [6, 6.07) is 6.49. The summed E-state index contributed by atoms with van der Waals surface area (Å²) in [6.45, 7) is 1.59. The van der Waals surface area contributed by atoms with Gasteiger partial charge in [-0.2, -0.15) is 13.2 Å². The van der Waals surface area contributed by atoms with E-state index in [0.717, 1.165) is 37.7 Å².